The lowest BCUT2D eigenvalue weighted by Gasteiger charge is -2.43. The van der Waals surface area contributed by atoms with Gasteiger partial charge in [-0.05, 0) is 32.8 Å². The molecule has 2 aromatic rings. The average molecular weight is 403 g/mol. The maximum atomic E-state index is 12.5. The highest BCUT2D eigenvalue weighted by Gasteiger charge is 2.37. The Kier molecular flexibility index (Phi) is 5.11. The van der Waals surface area contributed by atoms with Crippen LogP contribution in [0.15, 0.2) is 35.5 Å². The first-order valence-electron chi connectivity index (χ1n) is 9.64. The number of pyridine rings is 1. The monoisotopic (exact) mass is 402 g/mol. The molecule has 2 aliphatic rings. The number of aromatic nitrogens is 1. The second-order valence-corrected chi connectivity index (χ2v) is 10.0. The van der Waals surface area contributed by atoms with Gasteiger partial charge >= 0.3 is 0 Å². The van der Waals surface area contributed by atoms with Gasteiger partial charge in [-0.15, -0.1) is 0 Å². The van der Waals surface area contributed by atoms with E-state index in [1.807, 2.05) is 30.6 Å². The quantitative estimate of drug-likeness (QED) is 0.786. The summed E-state index contributed by atoms with van der Waals surface area (Å²) in [5.74, 6) is 0. The molecule has 3 heterocycles. The number of aliphatic imine (C=N–C) groups is 1. The molecule has 0 aliphatic carbocycles. The topological polar surface area (TPSA) is 75.1 Å². The molecule has 8 heteroatoms. The highest BCUT2D eigenvalue weighted by Crippen LogP contribution is 2.37. The van der Waals surface area contributed by atoms with E-state index < -0.39 is 21.6 Å². The van der Waals surface area contributed by atoms with Crippen molar-refractivity contribution in [1.29, 1.82) is 0 Å². The summed E-state index contributed by atoms with van der Waals surface area (Å²) in [6.07, 6.45) is 4.71. The third-order valence-corrected chi connectivity index (χ3v) is 7.87. The molecular formula is C20H26N4O3S. The Labute approximate surface area is 166 Å². The van der Waals surface area contributed by atoms with E-state index in [2.05, 4.69) is 20.9 Å². The molecule has 1 atom stereocenters. The molecule has 1 aromatic carbocycles. The predicted molar refractivity (Wildman–Crippen MR) is 111 cm³/mol. The van der Waals surface area contributed by atoms with Gasteiger partial charge < -0.3 is 9.64 Å². The summed E-state index contributed by atoms with van der Waals surface area (Å²) < 4.78 is 32.3. The SMILES string of the molecule is COC1N=Cc2cnc3ccccc3c2N1C1CCN(S(=O)(=O)C(C)C)CC1. The Morgan fingerprint density at radius 3 is 2.57 bits per heavy atom. The Morgan fingerprint density at radius 1 is 1.18 bits per heavy atom. The van der Waals surface area contributed by atoms with Crippen molar-refractivity contribution in [2.45, 2.75) is 44.3 Å². The summed E-state index contributed by atoms with van der Waals surface area (Å²) in [4.78, 5) is 11.3. The van der Waals surface area contributed by atoms with Gasteiger partial charge in [-0.2, -0.15) is 0 Å². The largest absolute Gasteiger partial charge is 0.342 e. The summed E-state index contributed by atoms with van der Waals surface area (Å²) in [6, 6.07) is 8.20. The smallest absolute Gasteiger partial charge is 0.228 e. The maximum absolute atomic E-state index is 12.5. The van der Waals surface area contributed by atoms with E-state index in [9.17, 15) is 8.42 Å². The van der Waals surface area contributed by atoms with Gasteiger partial charge in [0.05, 0.1) is 16.5 Å². The predicted octanol–water partition coefficient (Wildman–Crippen LogP) is 2.61. The summed E-state index contributed by atoms with van der Waals surface area (Å²) >= 11 is 0. The standard InChI is InChI=1S/C20H26N4O3S/c1-14(2)28(25,26)23-10-8-16(9-11-23)24-19-15(13-22-20(24)27-3)12-21-18-7-5-4-6-17(18)19/h4-7,12-14,16,20H,8-11H2,1-3H3. The summed E-state index contributed by atoms with van der Waals surface area (Å²) in [5, 5.41) is 0.663. The van der Waals surface area contributed by atoms with Crippen molar-refractivity contribution in [3.05, 3.63) is 36.0 Å². The summed E-state index contributed by atoms with van der Waals surface area (Å²) in [5.41, 5.74) is 2.96. The molecule has 28 heavy (non-hydrogen) atoms. The molecule has 1 fully saturated rings. The number of ether oxygens (including phenoxy) is 1. The number of methoxy groups -OCH3 is 1. The third kappa shape index (κ3) is 3.19. The second kappa shape index (κ2) is 7.42. The zero-order chi connectivity index (χ0) is 19.9. The van der Waals surface area contributed by atoms with Crippen LogP contribution in [0.2, 0.25) is 0 Å². The number of anilines is 1. The van der Waals surface area contributed by atoms with Gasteiger partial charge in [0.2, 0.25) is 16.4 Å². The minimum absolute atomic E-state index is 0.144. The van der Waals surface area contributed by atoms with E-state index in [4.69, 9.17) is 4.74 Å². The Bertz CT molecular complexity index is 998. The van der Waals surface area contributed by atoms with Gasteiger partial charge in [-0.1, -0.05) is 18.2 Å². The van der Waals surface area contributed by atoms with E-state index >= 15 is 0 Å². The van der Waals surface area contributed by atoms with Crippen LogP contribution in [0, 0.1) is 0 Å². The van der Waals surface area contributed by atoms with Crippen molar-refractivity contribution in [1.82, 2.24) is 9.29 Å². The number of benzene rings is 1. The van der Waals surface area contributed by atoms with Gasteiger partial charge in [-0.3, -0.25) is 4.98 Å². The molecule has 7 nitrogen and oxygen atoms in total. The van der Waals surface area contributed by atoms with E-state index in [1.54, 1.807) is 25.3 Å². The lowest BCUT2D eigenvalue weighted by Crippen LogP contribution is -2.52. The van der Waals surface area contributed by atoms with E-state index in [0.717, 1.165) is 35.0 Å². The highest BCUT2D eigenvalue weighted by atomic mass is 32.2. The highest BCUT2D eigenvalue weighted by molar-refractivity contribution is 7.89. The molecule has 0 saturated carbocycles. The van der Waals surface area contributed by atoms with Crippen LogP contribution in [0.5, 0.6) is 0 Å². The number of fused-ring (bicyclic) bond motifs is 3. The normalized spacial score (nSPS) is 21.4. The van der Waals surface area contributed by atoms with Crippen LogP contribution in [-0.4, -0.2) is 61.8 Å². The fraction of sp³-hybridized carbons (Fsp3) is 0.500. The second-order valence-electron chi connectivity index (χ2n) is 7.55. The van der Waals surface area contributed by atoms with Crippen molar-refractivity contribution in [3.8, 4) is 0 Å². The van der Waals surface area contributed by atoms with Crippen LogP contribution in [0.25, 0.3) is 10.9 Å². The first-order valence-corrected chi connectivity index (χ1v) is 11.1. The molecule has 0 radical (unpaired) electrons. The van der Waals surface area contributed by atoms with Crippen molar-refractivity contribution < 1.29 is 13.2 Å². The lowest BCUT2D eigenvalue weighted by atomic mass is 10.0. The molecule has 0 amide bonds. The van der Waals surface area contributed by atoms with Crippen molar-refractivity contribution in [2.75, 3.05) is 25.1 Å². The Hall–Kier alpha value is -2.03. The van der Waals surface area contributed by atoms with Crippen molar-refractivity contribution in [2.24, 2.45) is 4.99 Å². The molecular weight excluding hydrogens is 376 g/mol. The van der Waals surface area contributed by atoms with E-state index in [0.29, 0.717) is 13.1 Å². The Morgan fingerprint density at radius 2 is 1.89 bits per heavy atom. The van der Waals surface area contributed by atoms with Crippen LogP contribution < -0.4 is 4.90 Å². The average Bonchev–Trinajstić information content (AvgIpc) is 2.72. The number of sulfonamides is 1. The molecule has 0 spiro atoms. The van der Waals surface area contributed by atoms with Crippen LogP contribution in [0.4, 0.5) is 5.69 Å². The van der Waals surface area contributed by atoms with Crippen LogP contribution in [0.1, 0.15) is 32.3 Å². The molecule has 4 rings (SSSR count). The molecule has 0 N–H and O–H groups in total. The number of rotatable bonds is 4. The minimum Gasteiger partial charge on any atom is -0.342 e. The number of nitrogens with zero attached hydrogens (tertiary/aromatic N) is 4. The molecule has 0 bridgehead atoms. The Balaban J connectivity index is 1.69. The van der Waals surface area contributed by atoms with Gasteiger partial charge in [0.25, 0.3) is 0 Å². The summed E-state index contributed by atoms with van der Waals surface area (Å²) in [6.45, 7) is 4.49. The fourth-order valence-electron chi connectivity index (χ4n) is 4.06. The summed E-state index contributed by atoms with van der Waals surface area (Å²) in [7, 11) is -1.57. The van der Waals surface area contributed by atoms with Crippen LogP contribution in [0.3, 0.4) is 0 Å². The lowest BCUT2D eigenvalue weighted by molar-refractivity contribution is 0.0920. The van der Waals surface area contributed by atoms with Crippen LogP contribution >= 0.6 is 0 Å². The van der Waals surface area contributed by atoms with Gasteiger partial charge in [0.1, 0.15) is 0 Å². The first-order chi connectivity index (χ1) is 13.4. The fourth-order valence-corrected chi connectivity index (χ4v) is 5.38. The van der Waals surface area contributed by atoms with Gasteiger partial charge in [0, 0.05) is 49.6 Å². The molecule has 150 valence electrons. The molecule has 1 unspecified atom stereocenters. The zero-order valence-electron chi connectivity index (χ0n) is 16.4. The molecule has 2 aliphatic heterocycles. The van der Waals surface area contributed by atoms with Gasteiger partial charge in [0.15, 0.2) is 0 Å². The van der Waals surface area contributed by atoms with Gasteiger partial charge in [-0.25, -0.2) is 17.7 Å². The van der Waals surface area contributed by atoms with E-state index in [1.165, 1.54) is 0 Å². The van der Waals surface area contributed by atoms with E-state index in [-0.39, 0.29) is 6.04 Å². The number of para-hydroxylation sites is 1. The number of piperidine rings is 1. The van der Waals surface area contributed by atoms with Crippen LogP contribution in [-0.2, 0) is 14.8 Å². The van der Waals surface area contributed by atoms with Crippen molar-refractivity contribution in [3.63, 3.8) is 0 Å². The zero-order valence-corrected chi connectivity index (χ0v) is 17.3. The molecule has 1 aromatic heterocycles. The number of hydrogen-bond acceptors (Lipinski definition) is 6. The molecule has 1 saturated heterocycles. The third-order valence-electron chi connectivity index (χ3n) is 5.60. The maximum Gasteiger partial charge on any atom is 0.228 e. The first kappa shape index (κ1) is 19.3. The number of hydrogen-bond donors (Lipinski definition) is 0. The minimum atomic E-state index is -3.22. The van der Waals surface area contributed by atoms with Crippen molar-refractivity contribution >= 4 is 32.8 Å².